The third-order valence-electron chi connectivity index (χ3n) is 9.64. The van der Waals surface area contributed by atoms with E-state index in [1.807, 2.05) is 0 Å². The highest BCUT2D eigenvalue weighted by Crippen LogP contribution is 2.40. The number of carbonyl (C=O) groups is 6. The summed E-state index contributed by atoms with van der Waals surface area (Å²) in [6.45, 7) is 0.334. The standard InChI is InChI=1S/C39H42O25/c1-14-33(61-25(50)7-4-22(44)45)36(62-26(51)8-5-23(46)47)37(63-27(52)9-6-24(48)49)39(58-14)57-13-21-29(53)31(55)32(56)38(60-21)64-35-30(54)28-19(43)11-16(40)12-20(28)59-34(35)15-2-3-17(41)18(42)10-15/h2-3,10-12,14,21,29,31-33,36-43,53,55-56H,4-9,13H2,1H3,(H,44,45)(H,46,47)(H,48,49)/t14-,21+,29+,31-,32+,33-,36+,37+,38-,39+/m0/s1. The number of aromatic hydroxyl groups is 4. The van der Waals surface area contributed by atoms with Gasteiger partial charge in [0.05, 0.1) is 51.2 Å². The summed E-state index contributed by atoms with van der Waals surface area (Å²) in [6.07, 6.45) is -23.6. The third kappa shape index (κ3) is 11.6. The minimum atomic E-state index is -2.17. The number of hydrogen-bond donors (Lipinski definition) is 10. The number of aliphatic hydroxyl groups excluding tert-OH is 3. The van der Waals surface area contributed by atoms with Gasteiger partial charge in [0, 0.05) is 17.7 Å². The van der Waals surface area contributed by atoms with Crippen molar-refractivity contribution < 1.29 is 117 Å². The van der Waals surface area contributed by atoms with Gasteiger partial charge in [-0.2, -0.15) is 0 Å². The van der Waals surface area contributed by atoms with Gasteiger partial charge in [0.15, 0.2) is 41.9 Å². The lowest BCUT2D eigenvalue weighted by molar-refractivity contribution is -0.322. The predicted octanol–water partition coefficient (Wildman–Crippen LogP) is -0.440. The molecule has 5 rings (SSSR count). The fourth-order valence-electron chi connectivity index (χ4n) is 6.48. The number of carboxylic acids is 3. The van der Waals surface area contributed by atoms with E-state index >= 15 is 0 Å². The first-order valence-electron chi connectivity index (χ1n) is 19.1. The topological polar surface area (TPSA) is 400 Å². The highest BCUT2D eigenvalue weighted by atomic mass is 16.7. The average Bonchev–Trinajstić information content (AvgIpc) is 3.22. The number of phenolic OH excluding ortho intramolecular Hbond substituents is 4. The zero-order valence-electron chi connectivity index (χ0n) is 33.2. The SMILES string of the molecule is C[C@@H]1O[C@@H](OC[C@H]2O[C@@H](Oc3c(-c4ccc(O)c(O)c4)oc4cc(O)cc(O)c4c3=O)[C@H](O)[C@@H](O)[C@@H]2O)[C@H](OC(=O)CCC(=O)O)[C@H](OC(=O)CCC(=O)O)[C@H]1OC(=O)CCC(=O)O. The third-order valence-corrected chi connectivity index (χ3v) is 9.64. The maximum Gasteiger partial charge on any atom is 0.306 e. The summed E-state index contributed by atoms with van der Waals surface area (Å²) in [6, 6.07) is 4.87. The maximum atomic E-state index is 13.9. The first-order valence-corrected chi connectivity index (χ1v) is 19.1. The van der Waals surface area contributed by atoms with Gasteiger partial charge < -0.3 is 88.6 Å². The number of ether oxygens (including phenoxy) is 7. The molecule has 64 heavy (non-hydrogen) atoms. The number of carbonyl (C=O) groups excluding carboxylic acids is 3. The van der Waals surface area contributed by atoms with Gasteiger partial charge >= 0.3 is 35.8 Å². The molecule has 25 heteroatoms. The molecule has 2 aromatic carbocycles. The summed E-state index contributed by atoms with van der Waals surface area (Å²) in [5.74, 6) is -11.8. The summed E-state index contributed by atoms with van der Waals surface area (Å²) >= 11 is 0. The number of benzene rings is 2. The van der Waals surface area contributed by atoms with Gasteiger partial charge in [0.1, 0.15) is 46.9 Å². The highest BCUT2D eigenvalue weighted by Gasteiger charge is 2.53. The molecule has 3 aromatic rings. The molecule has 2 aliphatic heterocycles. The molecule has 10 N–H and O–H groups in total. The van der Waals surface area contributed by atoms with Gasteiger partial charge in [-0.1, -0.05) is 0 Å². The second kappa shape index (κ2) is 20.6. The summed E-state index contributed by atoms with van der Waals surface area (Å²) in [7, 11) is 0. The van der Waals surface area contributed by atoms with E-state index in [1.165, 1.54) is 6.92 Å². The number of aliphatic hydroxyl groups is 3. The van der Waals surface area contributed by atoms with Gasteiger partial charge in [0.25, 0.3) is 0 Å². The molecular formula is C39H42O25. The van der Waals surface area contributed by atoms with Crippen molar-refractivity contribution >= 4 is 46.8 Å². The van der Waals surface area contributed by atoms with E-state index < -0.39 is 193 Å². The maximum absolute atomic E-state index is 13.9. The first kappa shape index (κ1) is 48.3. The van der Waals surface area contributed by atoms with Crippen LogP contribution in [0.1, 0.15) is 45.4 Å². The van der Waals surface area contributed by atoms with E-state index in [0.29, 0.717) is 0 Å². The van der Waals surface area contributed by atoms with Crippen LogP contribution in [0.3, 0.4) is 0 Å². The van der Waals surface area contributed by atoms with E-state index in [4.69, 9.17) is 52.9 Å². The van der Waals surface area contributed by atoms with Crippen LogP contribution in [0.25, 0.3) is 22.3 Å². The molecule has 2 aliphatic rings. The Hall–Kier alpha value is -6.77. The molecule has 348 valence electrons. The molecule has 0 aliphatic carbocycles. The van der Waals surface area contributed by atoms with Crippen LogP contribution < -0.4 is 10.2 Å². The fraction of sp³-hybridized carbons (Fsp3) is 0.462. The van der Waals surface area contributed by atoms with Crippen molar-refractivity contribution in [2.24, 2.45) is 0 Å². The molecule has 2 fully saturated rings. The number of rotatable bonds is 18. The van der Waals surface area contributed by atoms with Crippen LogP contribution >= 0.6 is 0 Å². The van der Waals surface area contributed by atoms with E-state index in [2.05, 4.69) is 0 Å². The van der Waals surface area contributed by atoms with Crippen LogP contribution in [0.4, 0.5) is 0 Å². The zero-order chi connectivity index (χ0) is 47.2. The smallest absolute Gasteiger partial charge is 0.306 e. The van der Waals surface area contributed by atoms with Crippen LogP contribution in [0.5, 0.6) is 28.7 Å². The van der Waals surface area contributed by atoms with Crippen molar-refractivity contribution in [3.05, 3.63) is 40.6 Å². The quantitative estimate of drug-likeness (QED) is 0.0439. The average molecular weight is 911 g/mol. The van der Waals surface area contributed by atoms with Crippen LogP contribution in [-0.4, -0.2) is 155 Å². The zero-order valence-corrected chi connectivity index (χ0v) is 33.2. The minimum Gasteiger partial charge on any atom is -0.508 e. The second-order valence-electron chi connectivity index (χ2n) is 14.4. The van der Waals surface area contributed by atoms with Crippen LogP contribution in [0.2, 0.25) is 0 Å². The van der Waals surface area contributed by atoms with Gasteiger partial charge in [-0.15, -0.1) is 0 Å². The number of aliphatic carboxylic acids is 3. The molecule has 25 nitrogen and oxygen atoms in total. The summed E-state index contributed by atoms with van der Waals surface area (Å²) in [5, 5.41) is 100. The summed E-state index contributed by atoms with van der Waals surface area (Å²) < 4.78 is 45.1. The Morgan fingerprint density at radius 1 is 0.625 bits per heavy atom. The van der Waals surface area contributed by atoms with Crippen LogP contribution in [0.15, 0.2) is 39.5 Å². The largest absolute Gasteiger partial charge is 0.508 e. The Balaban J connectivity index is 1.47. The van der Waals surface area contributed by atoms with Gasteiger partial charge in [-0.05, 0) is 25.1 Å². The molecule has 0 bridgehead atoms. The van der Waals surface area contributed by atoms with Gasteiger partial charge in [-0.3, -0.25) is 33.6 Å². The molecule has 2 saturated heterocycles. The molecular weight excluding hydrogens is 868 g/mol. The Morgan fingerprint density at radius 3 is 1.75 bits per heavy atom. The Morgan fingerprint density at radius 2 is 1.19 bits per heavy atom. The number of carboxylic acid groups (broad SMARTS) is 3. The van der Waals surface area contributed by atoms with E-state index in [9.17, 15) is 69.3 Å². The monoisotopic (exact) mass is 910 g/mol. The Kier molecular flexibility index (Phi) is 15.5. The normalized spacial score (nSPS) is 25.5. The lowest BCUT2D eigenvalue weighted by atomic mass is 9.98. The molecule has 3 heterocycles. The molecule has 0 amide bonds. The van der Waals surface area contributed by atoms with Crippen LogP contribution in [-0.2, 0) is 57.2 Å². The molecule has 0 spiro atoms. The number of fused-ring (bicyclic) bond motifs is 1. The number of esters is 3. The summed E-state index contributed by atoms with van der Waals surface area (Å²) in [4.78, 5) is 85.9. The predicted molar refractivity (Wildman–Crippen MR) is 202 cm³/mol. The minimum absolute atomic E-state index is 0.144. The van der Waals surface area contributed by atoms with E-state index in [-0.39, 0.29) is 5.56 Å². The van der Waals surface area contributed by atoms with Crippen molar-refractivity contribution in [2.45, 2.75) is 107 Å². The number of hydrogen-bond acceptors (Lipinski definition) is 22. The van der Waals surface area contributed by atoms with Crippen LogP contribution in [0, 0.1) is 0 Å². The lowest BCUT2D eigenvalue weighted by Gasteiger charge is -2.45. The molecule has 1 aromatic heterocycles. The Labute approximate surface area is 358 Å². The summed E-state index contributed by atoms with van der Waals surface area (Å²) in [5.41, 5.74) is -1.69. The van der Waals surface area contributed by atoms with Crippen molar-refractivity contribution in [2.75, 3.05) is 6.61 Å². The second-order valence-corrected chi connectivity index (χ2v) is 14.4. The van der Waals surface area contributed by atoms with Crippen molar-refractivity contribution in [1.82, 2.24) is 0 Å². The van der Waals surface area contributed by atoms with Crippen molar-refractivity contribution in [3.63, 3.8) is 0 Å². The number of phenols is 4. The Bertz CT molecular complexity index is 2300. The lowest BCUT2D eigenvalue weighted by Crippen LogP contribution is -2.63. The fourth-order valence-corrected chi connectivity index (χ4v) is 6.48. The molecule has 0 saturated carbocycles. The molecule has 10 atom stereocenters. The van der Waals surface area contributed by atoms with E-state index in [0.717, 1.165) is 30.3 Å². The van der Waals surface area contributed by atoms with Crippen molar-refractivity contribution in [3.8, 4) is 40.1 Å². The van der Waals surface area contributed by atoms with Gasteiger partial charge in [0.2, 0.25) is 17.5 Å². The first-order chi connectivity index (χ1) is 30.1. The van der Waals surface area contributed by atoms with Gasteiger partial charge in [-0.25, -0.2) is 0 Å². The van der Waals surface area contributed by atoms with E-state index in [1.54, 1.807) is 0 Å². The molecule has 0 unspecified atom stereocenters. The van der Waals surface area contributed by atoms with Crippen molar-refractivity contribution in [1.29, 1.82) is 0 Å². The highest BCUT2D eigenvalue weighted by molar-refractivity contribution is 5.88. The molecule has 0 radical (unpaired) electrons.